The van der Waals surface area contributed by atoms with Gasteiger partial charge in [0, 0.05) is 17.5 Å². The third-order valence-corrected chi connectivity index (χ3v) is 3.58. The van der Waals surface area contributed by atoms with Crippen molar-refractivity contribution in [3.8, 4) is 0 Å². The van der Waals surface area contributed by atoms with E-state index in [1.807, 2.05) is 0 Å². The predicted molar refractivity (Wildman–Crippen MR) is 72.5 cm³/mol. The zero-order valence-electron chi connectivity index (χ0n) is 10.6. The highest BCUT2D eigenvalue weighted by atomic mass is 32.1. The fraction of sp³-hybridized carbons (Fsp3) is 0.417. The summed E-state index contributed by atoms with van der Waals surface area (Å²) in [7, 11) is 0. The molecule has 0 aliphatic carbocycles. The lowest BCUT2D eigenvalue weighted by Crippen LogP contribution is -2.31. The van der Waals surface area contributed by atoms with Gasteiger partial charge in [-0.1, -0.05) is 11.3 Å². The second-order valence-corrected chi connectivity index (χ2v) is 5.34. The molecule has 102 valence electrons. The fourth-order valence-electron chi connectivity index (χ4n) is 1.73. The summed E-state index contributed by atoms with van der Waals surface area (Å²) in [5.74, 6) is -1.05. The normalized spacial score (nSPS) is 12.5. The van der Waals surface area contributed by atoms with Crippen LogP contribution in [-0.4, -0.2) is 38.7 Å². The van der Waals surface area contributed by atoms with Gasteiger partial charge < -0.3 is 10.4 Å². The Bertz CT molecular complexity index is 524. The van der Waals surface area contributed by atoms with Gasteiger partial charge in [0.05, 0.1) is 12.7 Å². The first-order valence-corrected chi connectivity index (χ1v) is 6.92. The highest BCUT2D eigenvalue weighted by Gasteiger charge is 2.08. The van der Waals surface area contributed by atoms with Crippen molar-refractivity contribution >= 4 is 17.3 Å². The number of thiophene rings is 1. The average Bonchev–Trinajstić information content (AvgIpc) is 3.00. The van der Waals surface area contributed by atoms with Crippen LogP contribution in [0.4, 0.5) is 0 Å². The third-order valence-electron chi connectivity index (χ3n) is 2.68. The number of aromatic nitrogens is 3. The van der Waals surface area contributed by atoms with Crippen molar-refractivity contribution < 1.29 is 9.90 Å². The van der Waals surface area contributed by atoms with E-state index in [-0.39, 0.29) is 5.69 Å². The average molecular weight is 280 g/mol. The number of carbonyl (C=O) groups is 1. The molecule has 1 atom stereocenters. The van der Waals surface area contributed by atoms with Gasteiger partial charge in [-0.3, -0.25) is 4.68 Å². The van der Waals surface area contributed by atoms with Crippen LogP contribution in [0.15, 0.2) is 23.7 Å². The van der Waals surface area contributed by atoms with Crippen LogP contribution in [0.5, 0.6) is 0 Å². The molecule has 0 saturated heterocycles. The minimum atomic E-state index is -1.05. The molecule has 6 nitrogen and oxygen atoms in total. The number of hydrogen-bond donors (Lipinski definition) is 2. The number of aromatic carboxylic acids is 1. The Labute approximate surface area is 115 Å². The predicted octanol–water partition coefficient (Wildman–Crippen LogP) is 1.26. The Kier molecular flexibility index (Phi) is 4.64. The second kappa shape index (κ2) is 6.44. The Hall–Kier alpha value is -1.73. The molecule has 2 aromatic rings. The highest BCUT2D eigenvalue weighted by molar-refractivity contribution is 7.09. The molecule has 2 heterocycles. The van der Waals surface area contributed by atoms with Gasteiger partial charge in [-0.2, -0.15) is 0 Å². The van der Waals surface area contributed by atoms with Crippen LogP contribution < -0.4 is 5.32 Å². The molecular weight excluding hydrogens is 264 g/mol. The van der Waals surface area contributed by atoms with Crippen molar-refractivity contribution in [1.82, 2.24) is 20.3 Å². The topological polar surface area (TPSA) is 80.0 Å². The van der Waals surface area contributed by atoms with E-state index in [1.165, 1.54) is 15.8 Å². The van der Waals surface area contributed by atoms with Gasteiger partial charge in [0.15, 0.2) is 5.69 Å². The second-order valence-electron chi connectivity index (χ2n) is 4.31. The maximum absolute atomic E-state index is 10.6. The SMILES string of the molecule is CC(Cc1cccs1)NCCn1cc(C(=O)O)nn1. The van der Waals surface area contributed by atoms with Gasteiger partial charge in [0.25, 0.3) is 0 Å². The van der Waals surface area contributed by atoms with Gasteiger partial charge in [0.2, 0.25) is 0 Å². The van der Waals surface area contributed by atoms with Crippen LogP contribution in [0.1, 0.15) is 22.3 Å². The fourth-order valence-corrected chi connectivity index (χ4v) is 2.57. The molecule has 0 amide bonds. The van der Waals surface area contributed by atoms with E-state index < -0.39 is 5.97 Å². The number of rotatable bonds is 7. The van der Waals surface area contributed by atoms with Gasteiger partial charge in [0.1, 0.15) is 0 Å². The summed E-state index contributed by atoms with van der Waals surface area (Å²) in [4.78, 5) is 12.0. The molecule has 2 rings (SSSR count). The molecule has 19 heavy (non-hydrogen) atoms. The molecule has 2 aromatic heterocycles. The van der Waals surface area contributed by atoms with Gasteiger partial charge in [-0.05, 0) is 24.8 Å². The summed E-state index contributed by atoms with van der Waals surface area (Å²) in [5.41, 5.74) is -0.0216. The number of nitrogens with one attached hydrogen (secondary N) is 1. The maximum Gasteiger partial charge on any atom is 0.358 e. The maximum atomic E-state index is 10.6. The van der Waals surface area contributed by atoms with Crippen LogP contribution in [0.2, 0.25) is 0 Å². The summed E-state index contributed by atoms with van der Waals surface area (Å²) >= 11 is 1.75. The molecule has 7 heteroatoms. The van der Waals surface area contributed by atoms with Gasteiger partial charge in [-0.25, -0.2) is 4.79 Å². The van der Waals surface area contributed by atoms with E-state index in [4.69, 9.17) is 5.11 Å². The van der Waals surface area contributed by atoms with Crippen molar-refractivity contribution in [2.24, 2.45) is 0 Å². The molecule has 1 unspecified atom stereocenters. The number of nitrogens with zero attached hydrogens (tertiary/aromatic N) is 3. The Morgan fingerprint density at radius 3 is 3.11 bits per heavy atom. The molecule has 0 bridgehead atoms. The monoisotopic (exact) mass is 280 g/mol. The van der Waals surface area contributed by atoms with Gasteiger partial charge >= 0.3 is 5.97 Å². The van der Waals surface area contributed by atoms with E-state index in [9.17, 15) is 4.79 Å². The van der Waals surface area contributed by atoms with Gasteiger partial charge in [-0.15, -0.1) is 16.4 Å². The molecule has 2 N–H and O–H groups in total. The van der Waals surface area contributed by atoms with Crippen molar-refractivity contribution in [1.29, 1.82) is 0 Å². The van der Waals surface area contributed by atoms with Crippen LogP contribution >= 0.6 is 11.3 Å². The molecule has 0 saturated carbocycles. The smallest absolute Gasteiger partial charge is 0.358 e. The first kappa shape index (κ1) is 13.7. The molecule has 0 aromatic carbocycles. The summed E-state index contributed by atoms with van der Waals surface area (Å²) < 4.78 is 1.54. The Morgan fingerprint density at radius 1 is 1.63 bits per heavy atom. The first-order chi connectivity index (χ1) is 9.15. The summed E-state index contributed by atoms with van der Waals surface area (Å²) in [6.45, 7) is 3.47. The standard InChI is InChI=1S/C12H16N4O2S/c1-9(7-10-3-2-6-19-10)13-4-5-16-8-11(12(17)18)14-15-16/h2-3,6,8-9,13H,4-5,7H2,1H3,(H,17,18). The van der Waals surface area contributed by atoms with E-state index in [2.05, 4.69) is 40.1 Å². The van der Waals surface area contributed by atoms with E-state index >= 15 is 0 Å². The lowest BCUT2D eigenvalue weighted by molar-refractivity contribution is 0.0690. The van der Waals surface area contributed by atoms with Crippen molar-refractivity contribution in [2.45, 2.75) is 25.9 Å². The number of carboxylic acids is 1. The van der Waals surface area contributed by atoms with Crippen LogP contribution in [0.3, 0.4) is 0 Å². The minimum absolute atomic E-state index is 0.0216. The van der Waals surface area contributed by atoms with Crippen LogP contribution in [0.25, 0.3) is 0 Å². The number of carboxylic acid groups (broad SMARTS) is 1. The Balaban J connectivity index is 1.72. The van der Waals surface area contributed by atoms with Crippen LogP contribution in [-0.2, 0) is 13.0 Å². The Morgan fingerprint density at radius 2 is 2.47 bits per heavy atom. The molecular formula is C12H16N4O2S. The van der Waals surface area contributed by atoms with E-state index in [0.29, 0.717) is 12.6 Å². The highest BCUT2D eigenvalue weighted by Crippen LogP contribution is 2.10. The molecule has 0 radical (unpaired) electrons. The van der Waals surface area contributed by atoms with E-state index in [1.54, 1.807) is 11.3 Å². The summed E-state index contributed by atoms with van der Waals surface area (Å²) in [6.07, 6.45) is 2.43. The number of hydrogen-bond acceptors (Lipinski definition) is 5. The lowest BCUT2D eigenvalue weighted by atomic mass is 10.2. The lowest BCUT2D eigenvalue weighted by Gasteiger charge is -2.12. The summed E-state index contributed by atoms with van der Waals surface area (Å²) in [5, 5.41) is 21.5. The molecule has 0 spiro atoms. The van der Waals surface area contributed by atoms with Crippen LogP contribution in [0, 0.1) is 0 Å². The molecule has 0 fully saturated rings. The quantitative estimate of drug-likeness (QED) is 0.798. The zero-order chi connectivity index (χ0) is 13.7. The largest absolute Gasteiger partial charge is 0.476 e. The van der Waals surface area contributed by atoms with Crippen molar-refractivity contribution in [2.75, 3.05) is 6.54 Å². The van der Waals surface area contributed by atoms with E-state index in [0.717, 1.165) is 13.0 Å². The molecule has 0 aliphatic rings. The first-order valence-electron chi connectivity index (χ1n) is 6.04. The third kappa shape index (κ3) is 4.15. The zero-order valence-corrected chi connectivity index (χ0v) is 11.4. The summed E-state index contributed by atoms with van der Waals surface area (Å²) in [6, 6.07) is 4.55. The molecule has 0 aliphatic heterocycles. The van der Waals surface area contributed by atoms with Crippen molar-refractivity contribution in [3.63, 3.8) is 0 Å². The minimum Gasteiger partial charge on any atom is -0.476 e. The van der Waals surface area contributed by atoms with Crippen molar-refractivity contribution in [3.05, 3.63) is 34.3 Å².